The molecule has 0 fully saturated rings. The number of aromatic nitrogens is 2. The van der Waals surface area contributed by atoms with E-state index in [0.29, 0.717) is 0 Å². The lowest BCUT2D eigenvalue weighted by molar-refractivity contribution is 1.17. The maximum absolute atomic E-state index is 4.33. The van der Waals surface area contributed by atoms with Gasteiger partial charge < -0.3 is 0 Å². The van der Waals surface area contributed by atoms with E-state index in [1.807, 2.05) is 59.8 Å². The molecule has 21 heavy (non-hydrogen) atoms. The van der Waals surface area contributed by atoms with Crippen molar-refractivity contribution in [1.82, 2.24) is 9.97 Å². The van der Waals surface area contributed by atoms with Crippen LogP contribution in [0.3, 0.4) is 0 Å². The molecule has 112 valence electrons. The second-order valence-corrected chi connectivity index (χ2v) is 7.79. The minimum atomic E-state index is 1.02. The topological polar surface area (TPSA) is 25.8 Å². The number of pyridine rings is 2. The van der Waals surface area contributed by atoms with Gasteiger partial charge in [-0.2, -0.15) is 35.3 Å². The molecule has 0 radical (unpaired) electrons. The zero-order valence-corrected chi connectivity index (χ0v) is 14.4. The van der Waals surface area contributed by atoms with Crippen LogP contribution in [0.1, 0.15) is 11.4 Å². The van der Waals surface area contributed by atoms with Crippen molar-refractivity contribution in [2.24, 2.45) is 0 Å². The maximum atomic E-state index is 4.33. The van der Waals surface area contributed by atoms with Crippen LogP contribution in [-0.2, 0) is 11.5 Å². The summed E-state index contributed by atoms with van der Waals surface area (Å²) in [5.41, 5.74) is 2.36. The third kappa shape index (κ3) is 7.79. The molecule has 2 aromatic heterocycles. The molecule has 0 aliphatic heterocycles. The van der Waals surface area contributed by atoms with E-state index in [1.54, 1.807) is 0 Å². The summed E-state index contributed by atoms with van der Waals surface area (Å²) in [6.45, 7) is 0. The molecule has 0 bridgehead atoms. The Morgan fingerprint density at radius 2 is 1.10 bits per heavy atom. The highest BCUT2D eigenvalue weighted by molar-refractivity contribution is 8.04. The Balaban J connectivity index is 1.40. The maximum Gasteiger partial charge on any atom is 0.0502 e. The van der Waals surface area contributed by atoms with E-state index >= 15 is 0 Å². The highest BCUT2D eigenvalue weighted by atomic mass is 32.2. The van der Waals surface area contributed by atoms with Crippen LogP contribution in [0.2, 0.25) is 0 Å². The van der Waals surface area contributed by atoms with Crippen molar-refractivity contribution >= 4 is 35.3 Å². The van der Waals surface area contributed by atoms with E-state index in [0.717, 1.165) is 11.5 Å². The first-order chi connectivity index (χ1) is 10.4. The second-order valence-electron chi connectivity index (χ2n) is 4.36. The average molecular weight is 337 g/mol. The molecular formula is C16H20N2S3. The summed E-state index contributed by atoms with van der Waals surface area (Å²) in [5.74, 6) is 6.90. The first kappa shape index (κ1) is 16.7. The van der Waals surface area contributed by atoms with Crippen LogP contribution >= 0.6 is 35.3 Å². The lowest BCUT2D eigenvalue weighted by Crippen LogP contribution is -1.92. The lowest BCUT2D eigenvalue weighted by Gasteiger charge is -2.03. The Bertz CT molecular complexity index is 434. The zero-order valence-electron chi connectivity index (χ0n) is 12.0. The molecule has 2 heterocycles. The Hall–Kier alpha value is -0.650. The highest BCUT2D eigenvalue weighted by Gasteiger charge is 1.96. The smallest absolute Gasteiger partial charge is 0.0502 e. The molecule has 2 nitrogen and oxygen atoms in total. The predicted molar refractivity (Wildman–Crippen MR) is 98.1 cm³/mol. The standard InChI is InChI=1S/C16H20N2S3/c1-3-7-17-15(5-1)13-20-11-9-19-10-12-21-14-16-6-2-4-8-18-16/h1-8H,9-14H2. The van der Waals surface area contributed by atoms with Crippen molar-refractivity contribution in [3.8, 4) is 0 Å². The minimum absolute atomic E-state index is 1.02. The molecule has 0 aromatic carbocycles. The molecule has 0 saturated heterocycles. The summed E-state index contributed by atoms with van der Waals surface area (Å²) in [7, 11) is 0. The van der Waals surface area contributed by atoms with Gasteiger partial charge in [-0.15, -0.1) is 0 Å². The van der Waals surface area contributed by atoms with Gasteiger partial charge in [-0.05, 0) is 24.3 Å². The second kappa shape index (κ2) is 11.0. The summed E-state index contributed by atoms with van der Waals surface area (Å²) in [4.78, 5) is 8.66. The number of hydrogen-bond donors (Lipinski definition) is 0. The zero-order chi connectivity index (χ0) is 14.6. The van der Waals surface area contributed by atoms with Gasteiger partial charge in [0.25, 0.3) is 0 Å². The molecule has 0 aliphatic rings. The quantitative estimate of drug-likeness (QED) is 0.600. The van der Waals surface area contributed by atoms with Crippen molar-refractivity contribution in [2.45, 2.75) is 11.5 Å². The molecule has 0 spiro atoms. The fourth-order valence-corrected chi connectivity index (χ4v) is 4.80. The van der Waals surface area contributed by atoms with Gasteiger partial charge in [0.2, 0.25) is 0 Å². The molecule has 0 N–H and O–H groups in total. The van der Waals surface area contributed by atoms with Gasteiger partial charge in [-0.1, -0.05) is 12.1 Å². The van der Waals surface area contributed by atoms with Crippen molar-refractivity contribution in [2.75, 3.05) is 23.0 Å². The van der Waals surface area contributed by atoms with E-state index in [2.05, 4.69) is 34.2 Å². The van der Waals surface area contributed by atoms with Crippen LogP contribution < -0.4 is 0 Å². The predicted octanol–water partition coefficient (Wildman–Crippen LogP) is 4.38. The van der Waals surface area contributed by atoms with Crippen LogP contribution in [0.25, 0.3) is 0 Å². The summed E-state index contributed by atoms with van der Waals surface area (Å²) < 4.78 is 0. The molecule has 0 unspecified atom stereocenters. The largest absolute Gasteiger partial charge is 0.260 e. The monoisotopic (exact) mass is 336 g/mol. The van der Waals surface area contributed by atoms with Gasteiger partial charge in [0, 0.05) is 46.9 Å². The van der Waals surface area contributed by atoms with Gasteiger partial charge >= 0.3 is 0 Å². The fourth-order valence-electron chi connectivity index (χ4n) is 1.66. The van der Waals surface area contributed by atoms with E-state index < -0.39 is 0 Å². The van der Waals surface area contributed by atoms with Crippen molar-refractivity contribution in [3.05, 3.63) is 60.2 Å². The number of nitrogens with zero attached hydrogens (tertiary/aromatic N) is 2. The number of rotatable bonds is 10. The lowest BCUT2D eigenvalue weighted by atomic mass is 10.4. The molecule has 2 rings (SSSR count). The Morgan fingerprint density at radius 1 is 0.619 bits per heavy atom. The molecule has 5 heteroatoms. The highest BCUT2D eigenvalue weighted by Crippen LogP contribution is 2.15. The average Bonchev–Trinajstić information content (AvgIpc) is 2.55. The van der Waals surface area contributed by atoms with E-state index in [1.165, 1.54) is 34.4 Å². The fraction of sp³-hybridized carbons (Fsp3) is 0.375. The van der Waals surface area contributed by atoms with Crippen molar-refractivity contribution < 1.29 is 0 Å². The Labute approximate surface area is 139 Å². The molecular weight excluding hydrogens is 316 g/mol. The molecule has 0 aliphatic carbocycles. The number of thioether (sulfide) groups is 3. The normalized spacial score (nSPS) is 10.7. The van der Waals surface area contributed by atoms with Crippen LogP contribution in [0.5, 0.6) is 0 Å². The first-order valence-corrected chi connectivity index (χ1v) is 10.4. The summed E-state index contributed by atoms with van der Waals surface area (Å²) in [5, 5.41) is 0. The van der Waals surface area contributed by atoms with Gasteiger partial charge in [-0.25, -0.2) is 0 Å². The van der Waals surface area contributed by atoms with Crippen LogP contribution in [-0.4, -0.2) is 33.0 Å². The number of hydrogen-bond acceptors (Lipinski definition) is 5. The van der Waals surface area contributed by atoms with Crippen LogP contribution in [0.4, 0.5) is 0 Å². The van der Waals surface area contributed by atoms with E-state index in [4.69, 9.17) is 0 Å². The summed E-state index contributed by atoms with van der Waals surface area (Å²) >= 11 is 5.97. The molecule has 0 atom stereocenters. The van der Waals surface area contributed by atoms with Crippen molar-refractivity contribution in [1.29, 1.82) is 0 Å². The van der Waals surface area contributed by atoms with Crippen molar-refractivity contribution in [3.63, 3.8) is 0 Å². The van der Waals surface area contributed by atoms with E-state index in [9.17, 15) is 0 Å². The van der Waals surface area contributed by atoms with E-state index in [-0.39, 0.29) is 0 Å². The third-order valence-electron chi connectivity index (χ3n) is 2.70. The third-order valence-corrected chi connectivity index (χ3v) is 6.18. The summed E-state index contributed by atoms with van der Waals surface area (Å²) in [6.07, 6.45) is 3.73. The van der Waals surface area contributed by atoms with Gasteiger partial charge in [0.15, 0.2) is 0 Å². The first-order valence-electron chi connectivity index (χ1n) is 6.98. The van der Waals surface area contributed by atoms with Gasteiger partial charge in [-0.3, -0.25) is 9.97 Å². The minimum Gasteiger partial charge on any atom is -0.260 e. The Morgan fingerprint density at radius 3 is 1.52 bits per heavy atom. The SMILES string of the molecule is c1ccc(CSCCSCCSCc2ccccn2)nc1. The van der Waals surface area contributed by atoms with Gasteiger partial charge in [0.1, 0.15) is 0 Å². The Kier molecular flexibility index (Phi) is 8.75. The van der Waals surface area contributed by atoms with Crippen LogP contribution in [0.15, 0.2) is 48.8 Å². The molecule has 2 aromatic rings. The van der Waals surface area contributed by atoms with Crippen LogP contribution in [0, 0.1) is 0 Å². The summed E-state index contributed by atoms with van der Waals surface area (Å²) in [6, 6.07) is 12.2. The molecule has 0 amide bonds. The van der Waals surface area contributed by atoms with Gasteiger partial charge in [0.05, 0.1) is 11.4 Å². The molecule has 0 saturated carbocycles.